The van der Waals surface area contributed by atoms with E-state index in [0.29, 0.717) is 27.9 Å². The zero-order chi connectivity index (χ0) is 33.3. The van der Waals surface area contributed by atoms with Gasteiger partial charge in [0.15, 0.2) is 17.5 Å². The predicted molar refractivity (Wildman–Crippen MR) is 152 cm³/mol. The summed E-state index contributed by atoms with van der Waals surface area (Å²) in [5, 5.41) is 20.6. The Morgan fingerprint density at radius 3 is 2.46 bits per heavy atom. The van der Waals surface area contributed by atoms with E-state index in [9.17, 15) is 45.8 Å². The van der Waals surface area contributed by atoms with Crippen LogP contribution in [0.25, 0.3) is 10.8 Å². The summed E-state index contributed by atoms with van der Waals surface area (Å²) < 4.78 is 85.3. The summed E-state index contributed by atoms with van der Waals surface area (Å²) >= 11 is 1.06. The van der Waals surface area contributed by atoms with Crippen LogP contribution in [0.1, 0.15) is 36.6 Å². The minimum absolute atomic E-state index is 0.0734. The second-order valence-corrected chi connectivity index (χ2v) is 11.7. The number of hydrogen-bond acceptors (Lipinski definition) is 6. The van der Waals surface area contributed by atoms with Crippen LogP contribution < -0.4 is 5.32 Å². The van der Waals surface area contributed by atoms with Crippen molar-refractivity contribution >= 4 is 40.3 Å². The van der Waals surface area contributed by atoms with E-state index in [1.807, 2.05) is 0 Å². The fourth-order valence-corrected chi connectivity index (χ4v) is 6.55. The molecule has 0 bridgehead atoms. The van der Waals surface area contributed by atoms with E-state index in [-0.39, 0.29) is 49.6 Å². The van der Waals surface area contributed by atoms with Gasteiger partial charge in [-0.3, -0.25) is 9.59 Å². The molecule has 2 amide bonds. The molecular formula is C29H26F6N6O4S. The number of carboxylic acid groups (broad SMARTS) is 1. The van der Waals surface area contributed by atoms with Crippen molar-refractivity contribution in [2.75, 3.05) is 12.3 Å². The van der Waals surface area contributed by atoms with E-state index >= 15 is 0 Å². The second-order valence-electron chi connectivity index (χ2n) is 10.7. The second kappa shape index (κ2) is 13.1. The lowest BCUT2D eigenvalue weighted by Crippen LogP contribution is -2.41. The number of thioether (sulfide) groups is 1. The smallest absolute Gasteiger partial charge is 0.451 e. The highest BCUT2D eigenvalue weighted by Gasteiger charge is 2.40. The minimum Gasteiger partial charge on any atom is -0.480 e. The van der Waals surface area contributed by atoms with Crippen LogP contribution in [-0.4, -0.2) is 65.5 Å². The number of carbonyl (C=O) groups excluding carboxylic acids is 2. The summed E-state index contributed by atoms with van der Waals surface area (Å²) in [6.45, 7) is 0.565. The summed E-state index contributed by atoms with van der Waals surface area (Å²) in [5.74, 6) is -7.52. The van der Waals surface area contributed by atoms with Crippen molar-refractivity contribution in [2.24, 2.45) is 0 Å². The standard InChI is InChI=1S/C29H26F6N6O4S/c1-15(42)36-23(27(44)45)14-46-26-19-5-3-2-4-16(19)12-41(26)18(8-17-9-21(31)22(32)11-20(17)30)10-25(43)39-6-7-40-24(13-39)37-38-28(40)29(33,34)35/h2-5,9,11-12,18,23H,6-8,10,13-14H2,1H3,(H,36,42)(H,44,45)/t18-,23-/m0/s1. The van der Waals surface area contributed by atoms with Gasteiger partial charge in [-0.2, -0.15) is 13.2 Å². The largest absolute Gasteiger partial charge is 0.480 e. The molecule has 2 aromatic carbocycles. The molecule has 5 rings (SSSR count). The Labute approximate surface area is 261 Å². The first-order valence-electron chi connectivity index (χ1n) is 13.9. The first-order valence-corrected chi connectivity index (χ1v) is 14.8. The Bertz CT molecular complexity index is 1810. The SMILES string of the molecule is CC(=O)N[C@@H](CSc1c2ccccc2cn1[C@H](CC(=O)N1CCn2c(nnc2C(F)(F)F)C1)Cc1cc(F)c(F)cc1F)C(=O)O. The Kier molecular flexibility index (Phi) is 9.32. The van der Waals surface area contributed by atoms with E-state index in [1.165, 1.54) is 11.8 Å². The van der Waals surface area contributed by atoms with Gasteiger partial charge in [-0.05, 0) is 18.1 Å². The molecule has 10 nitrogen and oxygen atoms in total. The fourth-order valence-electron chi connectivity index (χ4n) is 5.31. The Morgan fingerprint density at radius 1 is 1.04 bits per heavy atom. The molecule has 1 aliphatic rings. The van der Waals surface area contributed by atoms with Crippen molar-refractivity contribution in [3.63, 3.8) is 0 Å². The number of benzene rings is 2. The number of nitrogens with one attached hydrogen (secondary N) is 1. The molecule has 0 radical (unpaired) electrons. The van der Waals surface area contributed by atoms with E-state index < -0.39 is 59.3 Å². The average molecular weight is 669 g/mol. The quantitative estimate of drug-likeness (QED) is 0.144. The van der Waals surface area contributed by atoms with Gasteiger partial charge in [0, 0.05) is 61.3 Å². The Hall–Kier alpha value is -4.54. The molecule has 0 saturated carbocycles. The van der Waals surface area contributed by atoms with Crippen LogP contribution in [0.4, 0.5) is 26.3 Å². The van der Waals surface area contributed by atoms with Gasteiger partial charge in [-0.25, -0.2) is 18.0 Å². The maximum absolute atomic E-state index is 14.9. The zero-order valence-electron chi connectivity index (χ0n) is 24.0. The zero-order valence-corrected chi connectivity index (χ0v) is 24.8. The average Bonchev–Trinajstić information content (AvgIpc) is 3.58. The highest BCUT2D eigenvalue weighted by Crippen LogP contribution is 2.36. The third kappa shape index (κ3) is 6.98. The molecule has 0 fully saturated rings. The molecular weight excluding hydrogens is 642 g/mol. The summed E-state index contributed by atoms with van der Waals surface area (Å²) in [4.78, 5) is 38.4. The number of aliphatic carboxylic acids is 1. The molecule has 1 aliphatic heterocycles. The number of halogens is 6. The normalized spacial score (nSPS) is 14.6. The van der Waals surface area contributed by atoms with Gasteiger partial charge < -0.3 is 24.5 Å². The molecule has 2 aromatic heterocycles. The molecule has 0 unspecified atom stereocenters. The number of carbonyl (C=O) groups is 3. The van der Waals surface area contributed by atoms with Gasteiger partial charge in [0.1, 0.15) is 11.9 Å². The monoisotopic (exact) mass is 668 g/mol. The molecule has 2 atom stereocenters. The molecule has 244 valence electrons. The molecule has 17 heteroatoms. The topological polar surface area (TPSA) is 122 Å². The highest BCUT2D eigenvalue weighted by molar-refractivity contribution is 7.99. The lowest BCUT2D eigenvalue weighted by atomic mass is 10.0. The van der Waals surface area contributed by atoms with E-state index in [4.69, 9.17) is 0 Å². The minimum atomic E-state index is -4.74. The highest BCUT2D eigenvalue weighted by atomic mass is 32.2. The summed E-state index contributed by atoms with van der Waals surface area (Å²) in [7, 11) is 0. The Balaban J connectivity index is 1.50. The van der Waals surface area contributed by atoms with Crippen molar-refractivity contribution < 1.29 is 45.8 Å². The van der Waals surface area contributed by atoms with Crippen LogP contribution in [0.3, 0.4) is 0 Å². The van der Waals surface area contributed by atoms with Gasteiger partial charge >= 0.3 is 12.1 Å². The van der Waals surface area contributed by atoms with Crippen molar-refractivity contribution in [2.45, 2.75) is 56.1 Å². The van der Waals surface area contributed by atoms with Crippen molar-refractivity contribution in [1.29, 1.82) is 0 Å². The van der Waals surface area contributed by atoms with Crippen molar-refractivity contribution in [3.05, 3.63) is 77.3 Å². The fraction of sp³-hybridized carbons (Fsp3) is 0.345. The summed E-state index contributed by atoms with van der Waals surface area (Å²) in [5.41, 5.74) is -0.236. The van der Waals surface area contributed by atoms with Gasteiger partial charge in [-0.15, -0.1) is 22.0 Å². The number of aromatic nitrogens is 4. The van der Waals surface area contributed by atoms with Crippen LogP contribution in [0.15, 0.2) is 47.6 Å². The molecule has 0 aliphatic carbocycles. The van der Waals surface area contributed by atoms with Crippen LogP contribution in [0.5, 0.6) is 0 Å². The van der Waals surface area contributed by atoms with Crippen molar-refractivity contribution in [1.82, 2.24) is 29.5 Å². The van der Waals surface area contributed by atoms with Gasteiger partial charge in [0.25, 0.3) is 0 Å². The number of alkyl halides is 3. The molecule has 3 heterocycles. The lowest BCUT2D eigenvalue weighted by molar-refractivity contribution is -0.148. The van der Waals surface area contributed by atoms with Crippen molar-refractivity contribution in [3.8, 4) is 0 Å². The summed E-state index contributed by atoms with van der Waals surface area (Å²) in [6, 6.07) is 5.83. The van der Waals surface area contributed by atoms with Gasteiger partial charge in [0.2, 0.25) is 17.6 Å². The van der Waals surface area contributed by atoms with E-state index in [1.54, 1.807) is 35.0 Å². The third-order valence-electron chi connectivity index (χ3n) is 7.47. The third-order valence-corrected chi connectivity index (χ3v) is 8.68. The maximum Gasteiger partial charge on any atom is 0.451 e. The van der Waals surface area contributed by atoms with Gasteiger partial charge in [-0.1, -0.05) is 24.3 Å². The Morgan fingerprint density at radius 2 is 1.76 bits per heavy atom. The summed E-state index contributed by atoms with van der Waals surface area (Å²) in [6.07, 6.45) is -3.73. The number of carboxylic acids is 1. The van der Waals surface area contributed by atoms with Crippen LogP contribution in [-0.2, 0) is 40.1 Å². The first kappa shape index (κ1) is 32.8. The molecule has 2 N–H and O–H groups in total. The molecule has 46 heavy (non-hydrogen) atoms. The number of rotatable bonds is 10. The number of amides is 2. The number of hydrogen-bond donors (Lipinski definition) is 2. The van der Waals surface area contributed by atoms with Gasteiger partial charge in [0.05, 0.1) is 11.6 Å². The van der Waals surface area contributed by atoms with Crippen LogP contribution >= 0.6 is 11.8 Å². The molecule has 4 aromatic rings. The first-order chi connectivity index (χ1) is 21.7. The van der Waals surface area contributed by atoms with E-state index in [0.717, 1.165) is 16.3 Å². The van der Waals surface area contributed by atoms with E-state index in [2.05, 4.69) is 15.5 Å². The number of nitrogens with zero attached hydrogens (tertiary/aromatic N) is 5. The lowest BCUT2D eigenvalue weighted by Gasteiger charge is -2.30. The maximum atomic E-state index is 14.9. The van der Waals surface area contributed by atoms with Crippen LogP contribution in [0, 0.1) is 17.5 Å². The van der Waals surface area contributed by atoms with Crippen LogP contribution in [0.2, 0.25) is 0 Å². The number of fused-ring (bicyclic) bond motifs is 2. The molecule has 0 spiro atoms. The predicted octanol–water partition coefficient (Wildman–Crippen LogP) is 4.57. The molecule has 0 saturated heterocycles.